The fourth-order valence-corrected chi connectivity index (χ4v) is 0. The van der Waals surface area contributed by atoms with Crippen LogP contribution in [0.15, 0.2) is 0 Å². The molecule has 0 aliphatic carbocycles. The van der Waals surface area contributed by atoms with Crippen LogP contribution < -0.4 is 0 Å². The molecule has 0 rings (SSSR count). The highest BCUT2D eigenvalue weighted by molar-refractivity contribution is 7.87. The summed E-state index contributed by atoms with van der Waals surface area (Å²) in [6.07, 6.45) is 0. The third-order valence-electron chi connectivity index (χ3n) is 0.850. The van der Waals surface area contributed by atoms with Gasteiger partial charge in [-0.15, -0.1) is 0 Å². The third kappa shape index (κ3) is 15.6. The molecule has 0 saturated carbocycles. The van der Waals surface area contributed by atoms with Crippen molar-refractivity contribution < 1.29 is 78.4 Å². The van der Waals surface area contributed by atoms with E-state index in [0.717, 1.165) is 0 Å². The van der Waals surface area contributed by atoms with Crippen LogP contribution in [-0.4, -0.2) is 72.8 Å². The van der Waals surface area contributed by atoms with Crippen molar-refractivity contribution in [2.45, 2.75) is 16.5 Å². The largest absolute Gasteiger partial charge is 0.741 e. The first-order chi connectivity index (χ1) is 9.75. The van der Waals surface area contributed by atoms with Gasteiger partial charge in [0, 0.05) is 17.4 Å². The van der Waals surface area contributed by atoms with E-state index in [1.165, 1.54) is 0 Å². The average Bonchev–Trinajstić information content (AvgIpc) is 2.08. The Morgan fingerprint density at radius 3 is 0.480 bits per heavy atom. The molecule has 3 radical (unpaired) electrons. The zero-order chi connectivity index (χ0) is 21.0. The van der Waals surface area contributed by atoms with Crippen LogP contribution in [0.4, 0.5) is 39.5 Å². The van der Waals surface area contributed by atoms with Crippen molar-refractivity contribution in [3.05, 3.63) is 0 Å². The molecule has 0 heterocycles. The van der Waals surface area contributed by atoms with E-state index < -0.39 is 46.9 Å². The summed E-state index contributed by atoms with van der Waals surface area (Å²) in [5, 5.41) is 0. The summed E-state index contributed by atoms with van der Waals surface area (Å²) in [5.41, 5.74) is -16.9. The summed E-state index contributed by atoms with van der Waals surface area (Å²) < 4.78 is 177. The predicted molar refractivity (Wildman–Crippen MR) is 53.0 cm³/mol. The SMILES string of the molecule is O=S(=O)([O-])C(F)(F)F.O=S(=O)([O-])C(F)(F)F.O=S(=O)([O-])C(F)(F)F.[Al]. The smallest absolute Gasteiger partial charge is 0.485 e. The van der Waals surface area contributed by atoms with Crippen LogP contribution in [-0.2, 0) is 30.4 Å². The zero-order valence-electron chi connectivity index (χ0n) is 10.4. The molecule has 0 bridgehead atoms. The number of hydrogen-bond acceptors (Lipinski definition) is 9. The van der Waals surface area contributed by atoms with E-state index in [2.05, 4.69) is 0 Å². The Morgan fingerprint density at radius 1 is 0.440 bits per heavy atom. The van der Waals surface area contributed by atoms with Gasteiger partial charge in [0.2, 0.25) is 0 Å². The Bertz CT molecular complexity index is 596. The number of hydrogen-bond donors (Lipinski definition) is 0. The Kier molecular flexibility index (Phi) is 12.3. The average molecular weight is 474 g/mol. The maximum Gasteiger partial charge on any atom is 0.485 e. The highest BCUT2D eigenvalue weighted by atomic mass is 32.2. The van der Waals surface area contributed by atoms with Gasteiger partial charge in [-0.1, -0.05) is 0 Å². The van der Waals surface area contributed by atoms with Gasteiger partial charge in [0.05, 0.1) is 0 Å². The van der Waals surface area contributed by atoms with Gasteiger partial charge in [-0.3, -0.25) is 0 Å². The second-order valence-electron chi connectivity index (χ2n) is 2.70. The van der Waals surface area contributed by atoms with Gasteiger partial charge in [-0.25, -0.2) is 25.3 Å². The summed E-state index contributed by atoms with van der Waals surface area (Å²) in [4.78, 5) is 0. The van der Waals surface area contributed by atoms with Gasteiger partial charge >= 0.3 is 16.5 Å². The number of halogens is 9. The van der Waals surface area contributed by atoms with Crippen molar-refractivity contribution >= 4 is 47.7 Å². The minimum Gasteiger partial charge on any atom is -0.741 e. The summed E-state index contributed by atoms with van der Waals surface area (Å²) in [6.45, 7) is 0. The normalized spacial score (nSPS) is 13.4. The second kappa shape index (κ2) is 9.53. The lowest BCUT2D eigenvalue weighted by Gasteiger charge is -2.08. The molecule has 25 heavy (non-hydrogen) atoms. The maximum absolute atomic E-state index is 10.7. The first-order valence-corrected chi connectivity index (χ1v) is 8.04. The molecule has 0 aromatic heterocycles. The van der Waals surface area contributed by atoms with E-state index in [9.17, 15) is 39.5 Å². The lowest BCUT2D eigenvalue weighted by Crippen LogP contribution is -2.21. The van der Waals surface area contributed by atoms with E-state index in [4.69, 9.17) is 38.9 Å². The van der Waals surface area contributed by atoms with Gasteiger partial charge in [0.15, 0.2) is 30.4 Å². The van der Waals surface area contributed by atoms with E-state index >= 15 is 0 Å². The molecule has 153 valence electrons. The fraction of sp³-hybridized carbons (Fsp3) is 1.00. The minimum absolute atomic E-state index is 0. The predicted octanol–water partition coefficient (Wildman–Crippen LogP) is -0.227. The molecule has 0 fully saturated rings. The number of rotatable bonds is 0. The summed E-state index contributed by atoms with van der Waals surface area (Å²) in [5.74, 6) is 0. The van der Waals surface area contributed by atoms with E-state index in [1.807, 2.05) is 0 Å². The molecule has 0 aromatic rings. The van der Waals surface area contributed by atoms with Crippen LogP contribution in [0.5, 0.6) is 0 Å². The summed E-state index contributed by atoms with van der Waals surface area (Å²) in [6, 6.07) is 0. The molecule has 0 aliphatic heterocycles. The highest BCUT2D eigenvalue weighted by Gasteiger charge is 2.38. The van der Waals surface area contributed by atoms with Crippen molar-refractivity contribution in [3.8, 4) is 0 Å². The van der Waals surface area contributed by atoms with Crippen molar-refractivity contribution in [1.82, 2.24) is 0 Å². The van der Waals surface area contributed by atoms with Crippen LogP contribution >= 0.6 is 0 Å². The highest BCUT2D eigenvalue weighted by Crippen LogP contribution is 2.21. The molecule has 0 N–H and O–H groups in total. The van der Waals surface area contributed by atoms with Crippen LogP contribution in [0, 0.1) is 0 Å². The molecule has 0 aliphatic rings. The monoisotopic (exact) mass is 474 g/mol. The van der Waals surface area contributed by atoms with Crippen LogP contribution in [0.1, 0.15) is 0 Å². The molecule has 0 unspecified atom stereocenters. The Balaban J connectivity index is -0.000000130. The standard InChI is InChI=1S/3CHF3O3S.Al/c3*2-1(3,4)8(5,6)7;/h3*(H,5,6,7);/p-3. The van der Waals surface area contributed by atoms with Crippen LogP contribution in [0.2, 0.25) is 0 Å². The van der Waals surface area contributed by atoms with Crippen molar-refractivity contribution in [2.24, 2.45) is 0 Å². The summed E-state index contributed by atoms with van der Waals surface area (Å²) in [7, 11) is -18.3. The quantitative estimate of drug-likeness (QED) is 0.199. The van der Waals surface area contributed by atoms with E-state index in [0.29, 0.717) is 0 Å². The van der Waals surface area contributed by atoms with Gasteiger partial charge in [0.25, 0.3) is 0 Å². The molecular formula is C3AlF9O9S3-3. The van der Waals surface area contributed by atoms with Gasteiger partial charge in [0.1, 0.15) is 0 Å². The van der Waals surface area contributed by atoms with Crippen molar-refractivity contribution in [1.29, 1.82) is 0 Å². The first kappa shape index (κ1) is 32.3. The third-order valence-corrected chi connectivity index (χ3v) is 2.55. The number of alkyl halides is 9. The molecular weight excluding hydrogens is 474 g/mol. The van der Waals surface area contributed by atoms with Gasteiger partial charge < -0.3 is 13.7 Å². The molecule has 22 heteroatoms. The molecule has 9 nitrogen and oxygen atoms in total. The topological polar surface area (TPSA) is 172 Å². The molecule has 0 aromatic carbocycles. The molecule has 0 amide bonds. The minimum atomic E-state index is -6.09. The Hall–Kier alpha value is -0.368. The fourth-order valence-electron chi connectivity index (χ4n) is 0. The van der Waals surface area contributed by atoms with Gasteiger partial charge in [-0.05, 0) is 0 Å². The van der Waals surface area contributed by atoms with Crippen molar-refractivity contribution in [3.63, 3.8) is 0 Å². The Labute approximate surface area is 143 Å². The first-order valence-electron chi connectivity index (χ1n) is 3.81. The molecule has 0 atom stereocenters. The lowest BCUT2D eigenvalue weighted by molar-refractivity contribution is -0.0522. The zero-order valence-corrected chi connectivity index (χ0v) is 14.0. The lowest BCUT2D eigenvalue weighted by atomic mass is 11.6. The van der Waals surface area contributed by atoms with E-state index in [1.54, 1.807) is 0 Å². The summed E-state index contributed by atoms with van der Waals surface area (Å²) >= 11 is 0. The molecule has 0 saturated heterocycles. The molecule has 0 spiro atoms. The maximum atomic E-state index is 10.7. The van der Waals surface area contributed by atoms with E-state index in [-0.39, 0.29) is 17.4 Å². The van der Waals surface area contributed by atoms with Crippen LogP contribution in [0.25, 0.3) is 0 Å². The van der Waals surface area contributed by atoms with Crippen molar-refractivity contribution in [2.75, 3.05) is 0 Å². The second-order valence-corrected chi connectivity index (χ2v) is 6.81. The van der Waals surface area contributed by atoms with Gasteiger partial charge in [-0.2, -0.15) is 39.5 Å². The Morgan fingerprint density at radius 2 is 0.480 bits per heavy atom. The van der Waals surface area contributed by atoms with Crippen LogP contribution in [0.3, 0.4) is 0 Å².